The Labute approximate surface area is 162 Å². The lowest BCUT2D eigenvalue weighted by molar-refractivity contribution is -0.158. The third kappa shape index (κ3) is 4.79. The molecule has 0 aliphatic carbocycles. The maximum absolute atomic E-state index is 13.0. The fourth-order valence-electron chi connectivity index (χ4n) is 3.62. The number of nitrogens with one attached hydrogen (secondary N) is 1. The molecule has 0 radical (unpaired) electrons. The summed E-state index contributed by atoms with van der Waals surface area (Å²) < 4.78 is 5.68. The van der Waals surface area contributed by atoms with E-state index in [0.717, 1.165) is 52.1 Å². The van der Waals surface area contributed by atoms with Gasteiger partial charge in [-0.3, -0.25) is 4.79 Å². The van der Waals surface area contributed by atoms with Crippen LogP contribution in [0.25, 0.3) is 0 Å². The van der Waals surface area contributed by atoms with Gasteiger partial charge in [0.1, 0.15) is 5.60 Å². The van der Waals surface area contributed by atoms with E-state index in [1.54, 1.807) is 7.11 Å². The number of aryl methyl sites for hydroxylation is 1. The molecular weight excluding hydrogens is 361 g/mol. The first-order valence-electron chi connectivity index (χ1n) is 8.51. The van der Waals surface area contributed by atoms with Crippen molar-refractivity contribution in [1.82, 2.24) is 10.2 Å². The Hall–Kier alpha value is -1.01. The van der Waals surface area contributed by atoms with Crippen molar-refractivity contribution < 1.29 is 9.53 Å². The molecule has 1 aromatic carbocycles. The van der Waals surface area contributed by atoms with E-state index in [0.29, 0.717) is 0 Å². The van der Waals surface area contributed by atoms with Gasteiger partial charge < -0.3 is 19.9 Å². The fourth-order valence-corrected chi connectivity index (χ4v) is 3.62. The molecule has 0 unspecified atom stereocenters. The van der Waals surface area contributed by atoms with Gasteiger partial charge in [-0.2, -0.15) is 0 Å². The Morgan fingerprint density at radius 2 is 1.76 bits per heavy atom. The van der Waals surface area contributed by atoms with Crippen molar-refractivity contribution in [1.29, 1.82) is 0 Å². The number of benzene rings is 1. The van der Waals surface area contributed by atoms with Crippen molar-refractivity contribution >= 4 is 36.4 Å². The average molecular weight is 390 g/mol. The summed E-state index contributed by atoms with van der Waals surface area (Å²) in [6.07, 6.45) is 1.53. The van der Waals surface area contributed by atoms with E-state index >= 15 is 0 Å². The molecule has 1 amide bonds. The van der Waals surface area contributed by atoms with E-state index in [1.165, 1.54) is 11.3 Å². The van der Waals surface area contributed by atoms with Crippen molar-refractivity contribution in [3.05, 3.63) is 29.8 Å². The van der Waals surface area contributed by atoms with Crippen LogP contribution in [0, 0.1) is 6.92 Å². The summed E-state index contributed by atoms with van der Waals surface area (Å²) in [7, 11) is 1.67. The topological polar surface area (TPSA) is 44.8 Å². The van der Waals surface area contributed by atoms with Crippen molar-refractivity contribution in [3.8, 4) is 0 Å². The second-order valence-corrected chi connectivity index (χ2v) is 6.57. The first kappa shape index (κ1) is 22.0. The maximum Gasteiger partial charge on any atom is 0.255 e. The van der Waals surface area contributed by atoms with Crippen LogP contribution < -0.4 is 10.2 Å². The Balaban J connectivity index is 0.00000156. The number of amides is 1. The largest absolute Gasteiger partial charge is 0.368 e. The lowest BCUT2D eigenvalue weighted by Gasteiger charge is -2.42. The summed E-state index contributed by atoms with van der Waals surface area (Å²) in [6, 6.07) is 8.56. The summed E-state index contributed by atoms with van der Waals surface area (Å²) >= 11 is 0. The molecule has 25 heavy (non-hydrogen) atoms. The van der Waals surface area contributed by atoms with E-state index in [-0.39, 0.29) is 30.7 Å². The van der Waals surface area contributed by atoms with Crippen LogP contribution in [0.3, 0.4) is 0 Å². The maximum atomic E-state index is 13.0. The molecule has 1 aromatic rings. The van der Waals surface area contributed by atoms with E-state index in [1.807, 2.05) is 4.90 Å². The van der Waals surface area contributed by atoms with Crippen LogP contribution in [0.5, 0.6) is 0 Å². The van der Waals surface area contributed by atoms with E-state index in [4.69, 9.17) is 4.74 Å². The minimum absolute atomic E-state index is 0. The highest BCUT2D eigenvalue weighted by Gasteiger charge is 2.42. The number of nitrogens with zero attached hydrogens (tertiary/aromatic N) is 2. The van der Waals surface area contributed by atoms with E-state index in [9.17, 15) is 4.79 Å². The fraction of sp³-hybridized carbons (Fsp3) is 0.611. The summed E-state index contributed by atoms with van der Waals surface area (Å²) in [4.78, 5) is 17.3. The Kier molecular flexibility index (Phi) is 8.48. The number of methoxy groups -OCH3 is 1. The van der Waals surface area contributed by atoms with Gasteiger partial charge >= 0.3 is 0 Å². The number of halogens is 2. The van der Waals surface area contributed by atoms with Crippen molar-refractivity contribution in [2.24, 2.45) is 0 Å². The molecule has 0 aromatic heterocycles. The van der Waals surface area contributed by atoms with Crippen LogP contribution in [0.15, 0.2) is 24.3 Å². The molecule has 0 saturated carbocycles. The molecule has 3 rings (SSSR count). The first-order chi connectivity index (χ1) is 11.1. The number of carbonyl (C=O) groups is 1. The van der Waals surface area contributed by atoms with Gasteiger partial charge in [-0.25, -0.2) is 0 Å². The van der Waals surface area contributed by atoms with Crippen molar-refractivity contribution in [2.75, 3.05) is 51.3 Å². The van der Waals surface area contributed by atoms with Crippen LogP contribution >= 0.6 is 24.8 Å². The van der Waals surface area contributed by atoms with E-state index in [2.05, 4.69) is 41.4 Å². The molecule has 5 nitrogen and oxygen atoms in total. The van der Waals surface area contributed by atoms with Gasteiger partial charge in [-0.05, 0) is 50.6 Å². The van der Waals surface area contributed by atoms with Crippen molar-refractivity contribution in [2.45, 2.75) is 25.4 Å². The number of piperidine rings is 1. The van der Waals surface area contributed by atoms with Crippen LogP contribution in [-0.4, -0.2) is 62.8 Å². The van der Waals surface area contributed by atoms with E-state index < -0.39 is 5.60 Å². The quantitative estimate of drug-likeness (QED) is 0.860. The molecule has 2 saturated heterocycles. The molecule has 7 heteroatoms. The van der Waals surface area contributed by atoms with Gasteiger partial charge in [0.2, 0.25) is 0 Å². The zero-order valence-electron chi connectivity index (χ0n) is 15.0. The zero-order chi connectivity index (χ0) is 16.3. The molecule has 1 N–H and O–H groups in total. The molecule has 0 bridgehead atoms. The number of carbonyl (C=O) groups excluding carboxylic acids is 1. The normalized spacial score (nSPS) is 19.6. The van der Waals surface area contributed by atoms with Gasteiger partial charge in [0.25, 0.3) is 5.91 Å². The Morgan fingerprint density at radius 1 is 1.12 bits per heavy atom. The summed E-state index contributed by atoms with van der Waals surface area (Å²) in [6.45, 7) is 7.12. The minimum atomic E-state index is -0.614. The second-order valence-electron chi connectivity index (χ2n) is 6.57. The third-order valence-corrected chi connectivity index (χ3v) is 5.13. The molecular formula is C18H29Cl2N3O2. The minimum Gasteiger partial charge on any atom is -0.368 e. The van der Waals surface area contributed by atoms with Gasteiger partial charge in [0, 0.05) is 39.0 Å². The first-order valence-corrected chi connectivity index (χ1v) is 8.51. The van der Waals surface area contributed by atoms with Crippen LogP contribution in [0.2, 0.25) is 0 Å². The lowest BCUT2D eigenvalue weighted by Crippen LogP contribution is -2.59. The van der Waals surface area contributed by atoms with Gasteiger partial charge in [-0.15, -0.1) is 24.8 Å². The SMILES string of the molecule is COC1(C(=O)N2CCN(c3cccc(C)c3)CC2)CCNCC1.Cl.Cl. The highest BCUT2D eigenvalue weighted by Crippen LogP contribution is 2.26. The second kappa shape index (κ2) is 9.62. The standard InChI is InChI=1S/C18H27N3O2.2ClH/c1-15-4-3-5-16(14-15)20-10-12-21(13-11-20)17(22)18(23-2)6-8-19-9-7-18;;/h3-5,14,19H,6-13H2,1-2H3;2*1H. The molecule has 2 aliphatic heterocycles. The highest BCUT2D eigenvalue weighted by atomic mass is 35.5. The Bertz CT molecular complexity index is 557. The third-order valence-electron chi connectivity index (χ3n) is 5.13. The average Bonchev–Trinajstić information content (AvgIpc) is 2.62. The molecule has 0 spiro atoms. The summed E-state index contributed by atoms with van der Waals surface area (Å²) in [5.41, 5.74) is 1.91. The molecule has 142 valence electrons. The van der Waals surface area contributed by atoms with Crippen LogP contribution in [-0.2, 0) is 9.53 Å². The summed E-state index contributed by atoms with van der Waals surface area (Å²) in [5, 5.41) is 3.31. The molecule has 0 atom stereocenters. The number of piperazine rings is 1. The highest BCUT2D eigenvalue weighted by molar-refractivity contribution is 5.86. The summed E-state index contributed by atoms with van der Waals surface area (Å²) in [5.74, 6) is 0.172. The number of rotatable bonds is 3. The zero-order valence-corrected chi connectivity index (χ0v) is 16.6. The monoisotopic (exact) mass is 389 g/mol. The van der Waals surface area contributed by atoms with Crippen LogP contribution in [0.4, 0.5) is 5.69 Å². The smallest absolute Gasteiger partial charge is 0.255 e. The predicted molar refractivity (Wildman–Crippen MR) is 106 cm³/mol. The number of hydrogen-bond acceptors (Lipinski definition) is 4. The molecule has 2 fully saturated rings. The van der Waals surface area contributed by atoms with Gasteiger partial charge in [0.05, 0.1) is 0 Å². The van der Waals surface area contributed by atoms with Crippen LogP contribution in [0.1, 0.15) is 18.4 Å². The number of ether oxygens (including phenoxy) is 1. The van der Waals surface area contributed by atoms with Gasteiger partial charge in [0.15, 0.2) is 0 Å². The lowest BCUT2D eigenvalue weighted by atomic mass is 9.90. The number of anilines is 1. The molecule has 2 heterocycles. The van der Waals surface area contributed by atoms with Crippen molar-refractivity contribution in [3.63, 3.8) is 0 Å². The molecule has 2 aliphatic rings. The Morgan fingerprint density at radius 3 is 2.32 bits per heavy atom. The van der Waals surface area contributed by atoms with Gasteiger partial charge in [-0.1, -0.05) is 12.1 Å². The number of hydrogen-bond donors (Lipinski definition) is 1. The predicted octanol–water partition coefficient (Wildman–Crippen LogP) is 2.26.